The summed E-state index contributed by atoms with van der Waals surface area (Å²) in [5.41, 5.74) is 1.02. The van der Waals surface area contributed by atoms with Gasteiger partial charge in [-0.1, -0.05) is 30.3 Å². The third-order valence-electron chi connectivity index (χ3n) is 3.34. The number of carboxylic acids is 1. The van der Waals surface area contributed by atoms with Crippen LogP contribution >= 0.6 is 0 Å². The van der Waals surface area contributed by atoms with Crippen molar-refractivity contribution in [2.75, 3.05) is 6.61 Å². The van der Waals surface area contributed by atoms with Crippen molar-refractivity contribution < 1.29 is 19.8 Å². The van der Waals surface area contributed by atoms with Gasteiger partial charge >= 0.3 is 5.97 Å². The lowest BCUT2D eigenvalue weighted by Gasteiger charge is -2.16. The molecule has 1 aromatic rings. The first-order valence-corrected chi connectivity index (χ1v) is 6.29. The minimum absolute atomic E-state index is 0.162. The van der Waals surface area contributed by atoms with Crippen molar-refractivity contribution in [3.05, 3.63) is 35.9 Å². The molecule has 0 spiro atoms. The molecule has 2 rings (SSSR count). The smallest absolute Gasteiger partial charge is 0.307 e. The summed E-state index contributed by atoms with van der Waals surface area (Å²) in [7, 11) is 0. The minimum atomic E-state index is -0.927. The molecule has 0 bridgehead atoms. The van der Waals surface area contributed by atoms with E-state index in [4.69, 9.17) is 5.11 Å². The van der Waals surface area contributed by atoms with Gasteiger partial charge in [-0.2, -0.15) is 0 Å². The molecule has 0 aliphatic heterocycles. The molecule has 102 valence electrons. The molecule has 1 aliphatic carbocycles. The van der Waals surface area contributed by atoms with Crippen molar-refractivity contribution in [3.8, 4) is 0 Å². The van der Waals surface area contributed by atoms with E-state index in [-0.39, 0.29) is 18.6 Å². The van der Waals surface area contributed by atoms with Crippen molar-refractivity contribution in [2.45, 2.75) is 18.9 Å². The van der Waals surface area contributed by atoms with E-state index in [0.717, 1.165) is 5.56 Å². The van der Waals surface area contributed by atoms with Crippen LogP contribution in [0.5, 0.6) is 0 Å². The summed E-state index contributed by atoms with van der Waals surface area (Å²) >= 11 is 0. The van der Waals surface area contributed by atoms with Crippen molar-refractivity contribution in [3.63, 3.8) is 0 Å². The van der Waals surface area contributed by atoms with Gasteiger partial charge in [-0.3, -0.25) is 9.59 Å². The number of rotatable bonds is 6. The summed E-state index contributed by atoms with van der Waals surface area (Å²) in [6, 6.07) is 9.17. The van der Waals surface area contributed by atoms with Gasteiger partial charge in [-0.15, -0.1) is 0 Å². The molecule has 1 aliphatic rings. The highest BCUT2D eigenvalue weighted by Crippen LogP contribution is 2.38. The zero-order chi connectivity index (χ0) is 13.8. The Morgan fingerprint density at radius 3 is 2.47 bits per heavy atom. The van der Waals surface area contributed by atoms with Crippen molar-refractivity contribution in [1.29, 1.82) is 0 Å². The molecule has 5 nitrogen and oxygen atoms in total. The zero-order valence-corrected chi connectivity index (χ0v) is 10.5. The topological polar surface area (TPSA) is 86.6 Å². The molecular weight excluding hydrogens is 246 g/mol. The number of hydrogen-bond donors (Lipinski definition) is 3. The molecule has 1 aromatic carbocycles. The van der Waals surface area contributed by atoms with Gasteiger partial charge in [0.1, 0.15) is 0 Å². The third-order valence-corrected chi connectivity index (χ3v) is 3.34. The van der Waals surface area contributed by atoms with Crippen LogP contribution in [0.2, 0.25) is 0 Å². The number of benzene rings is 1. The average Bonchev–Trinajstić information content (AvgIpc) is 3.19. The largest absolute Gasteiger partial charge is 0.481 e. The Morgan fingerprint density at radius 1 is 1.26 bits per heavy atom. The van der Waals surface area contributed by atoms with Gasteiger partial charge in [-0.05, 0) is 18.4 Å². The molecule has 5 heteroatoms. The lowest BCUT2D eigenvalue weighted by molar-refractivity contribution is -0.140. The molecule has 1 fully saturated rings. The van der Waals surface area contributed by atoms with Gasteiger partial charge in [0.15, 0.2) is 0 Å². The first kappa shape index (κ1) is 13.5. The maximum Gasteiger partial charge on any atom is 0.307 e. The van der Waals surface area contributed by atoms with E-state index >= 15 is 0 Å². The Kier molecular flexibility index (Phi) is 4.16. The summed E-state index contributed by atoms with van der Waals surface area (Å²) in [6.45, 7) is -0.162. The van der Waals surface area contributed by atoms with Crippen LogP contribution in [0.3, 0.4) is 0 Å². The highest BCUT2D eigenvalue weighted by atomic mass is 16.4. The van der Waals surface area contributed by atoms with Gasteiger partial charge in [0, 0.05) is 0 Å². The number of amides is 1. The predicted molar refractivity (Wildman–Crippen MR) is 68.4 cm³/mol. The number of aliphatic hydroxyl groups is 1. The van der Waals surface area contributed by atoms with Crippen LogP contribution in [-0.4, -0.2) is 34.7 Å². The molecule has 0 heterocycles. The first-order chi connectivity index (χ1) is 9.11. The zero-order valence-electron chi connectivity index (χ0n) is 10.5. The second kappa shape index (κ2) is 5.84. The van der Waals surface area contributed by atoms with Crippen LogP contribution < -0.4 is 5.32 Å². The van der Waals surface area contributed by atoms with Gasteiger partial charge in [0.2, 0.25) is 5.91 Å². The molecule has 19 heavy (non-hydrogen) atoms. The standard InChI is InChI=1S/C14H17NO4/c16-8-10(6-9-4-2-1-3-5-9)15-13(17)11-7-12(11)14(18)19/h1-5,10-12,16H,6-8H2,(H,15,17)(H,18,19)/t10-,11+,12-/m0/s1. The van der Waals surface area contributed by atoms with E-state index in [2.05, 4.69) is 5.32 Å². The normalized spacial score (nSPS) is 22.6. The molecule has 1 amide bonds. The van der Waals surface area contributed by atoms with Crippen LogP contribution in [-0.2, 0) is 16.0 Å². The summed E-state index contributed by atoms with van der Waals surface area (Å²) in [5, 5.41) is 20.8. The Balaban J connectivity index is 1.86. The molecule has 3 N–H and O–H groups in total. The van der Waals surface area contributed by atoms with E-state index in [1.165, 1.54) is 0 Å². The highest BCUT2D eigenvalue weighted by Gasteiger charge is 2.48. The lowest BCUT2D eigenvalue weighted by Crippen LogP contribution is -2.40. The first-order valence-electron chi connectivity index (χ1n) is 6.29. The minimum Gasteiger partial charge on any atom is -0.481 e. The molecular formula is C14H17NO4. The van der Waals surface area contributed by atoms with Gasteiger partial charge < -0.3 is 15.5 Å². The molecule has 0 saturated heterocycles. The number of carbonyl (C=O) groups is 2. The van der Waals surface area contributed by atoms with Crippen molar-refractivity contribution in [1.82, 2.24) is 5.32 Å². The van der Waals surface area contributed by atoms with E-state index in [0.29, 0.717) is 12.8 Å². The summed E-state index contributed by atoms with van der Waals surface area (Å²) in [4.78, 5) is 22.5. The van der Waals surface area contributed by atoms with Crippen molar-refractivity contribution in [2.24, 2.45) is 11.8 Å². The van der Waals surface area contributed by atoms with E-state index in [9.17, 15) is 14.7 Å². The van der Waals surface area contributed by atoms with Crippen LogP contribution in [0, 0.1) is 11.8 Å². The van der Waals surface area contributed by atoms with E-state index < -0.39 is 17.8 Å². The number of hydrogen-bond acceptors (Lipinski definition) is 3. The Hall–Kier alpha value is -1.88. The third kappa shape index (κ3) is 3.54. The fourth-order valence-electron chi connectivity index (χ4n) is 2.13. The SMILES string of the molecule is O=C(O)[C@H]1C[C@H]1C(=O)N[C@H](CO)Cc1ccccc1. The predicted octanol–water partition coefficient (Wildman–Crippen LogP) is 0.427. The van der Waals surface area contributed by atoms with E-state index in [1.807, 2.05) is 30.3 Å². The molecule has 3 atom stereocenters. The fourth-order valence-corrected chi connectivity index (χ4v) is 2.13. The Morgan fingerprint density at radius 2 is 1.95 bits per heavy atom. The number of carbonyl (C=O) groups excluding carboxylic acids is 1. The van der Waals surface area contributed by atoms with Crippen LogP contribution in [0.4, 0.5) is 0 Å². The summed E-state index contributed by atoms with van der Waals surface area (Å²) in [5.74, 6) is -2.20. The maximum atomic E-state index is 11.8. The lowest BCUT2D eigenvalue weighted by atomic mass is 10.1. The maximum absolute atomic E-state index is 11.8. The summed E-state index contributed by atoms with van der Waals surface area (Å²) in [6.07, 6.45) is 0.929. The highest BCUT2D eigenvalue weighted by molar-refractivity contribution is 5.89. The van der Waals surface area contributed by atoms with Gasteiger partial charge in [0.05, 0.1) is 24.5 Å². The average molecular weight is 263 g/mol. The van der Waals surface area contributed by atoms with Crippen LogP contribution in [0.1, 0.15) is 12.0 Å². The van der Waals surface area contributed by atoms with Crippen molar-refractivity contribution >= 4 is 11.9 Å². The Labute approximate surface area is 111 Å². The fraction of sp³-hybridized carbons (Fsp3) is 0.429. The van der Waals surface area contributed by atoms with E-state index in [1.54, 1.807) is 0 Å². The molecule has 1 saturated carbocycles. The second-order valence-corrected chi connectivity index (χ2v) is 4.86. The number of carboxylic acid groups (broad SMARTS) is 1. The van der Waals surface area contributed by atoms with Gasteiger partial charge in [0.25, 0.3) is 0 Å². The number of nitrogens with one attached hydrogen (secondary N) is 1. The summed E-state index contributed by atoms with van der Waals surface area (Å²) < 4.78 is 0. The molecule has 0 unspecified atom stereocenters. The number of aliphatic carboxylic acids is 1. The van der Waals surface area contributed by atoms with Crippen LogP contribution in [0.15, 0.2) is 30.3 Å². The quantitative estimate of drug-likeness (QED) is 0.694. The molecule has 0 radical (unpaired) electrons. The molecule has 0 aromatic heterocycles. The van der Waals surface area contributed by atoms with Crippen LogP contribution in [0.25, 0.3) is 0 Å². The second-order valence-electron chi connectivity index (χ2n) is 4.86. The Bertz CT molecular complexity index is 460. The monoisotopic (exact) mass is 263 g/mol. The number of aliphatic hydroxyl groups excluding tert-OH is 1. The van der Waals surface area contributed by atoms with Gasteiger partial charge in [-0.25, -0.2) is 0 Å².